The van der Waals surface area contributed by atoms with Gasteiger partial charge in [0.25, 0.3) is 5.91 Å². The first kappa shape index (κ1) is 16.1. The van der Waals surface area contributed by atoms with Crippen molar-refractivity contribution in [1.82, 2.24) is 5.32 Å². The number of hydrogen-bond donors (Lipinski definition) is 1. The molecule has 1 unspecified atom stereocenters. The van der Waals surface area contributed by atoms with Crippen LogP contribution in [-0.2, 0) is 4.79 Å². The number of halogens is 1. The lowest BCUT2D eigenvalue weighted by molar-refractivity contribution is -0.116. The van der Waals surface area contributed by atoms with E-state index in [-0.39, 0.29) is 17.7 Å². The van der Waals surface area contributed by atoms with Crippen LogP contribution < -0.4 is 5.32 Å². The highest BCUT2D eigenvalue weighted by atomic mass is 19.1. The average Bonchev–Trinajstić information content (AvgIpc) is 2.54. The van der Waals surface area contributed by atoms with E-state index in [1.165, 1.54) is 24.3 Å². The van der Waals surface area contributed by atoms with Crippen LogP contribution in [-0.4, -0.2) is 17.5 Å². The van der Waals surface area contributed by atoms with Crippen LogP contribution in [0.1, 0.15) is 24.2 Å². The van der Waals surface area contributed by atoms with Gasteiger partial charge in [0.15, 0.2) is 0 Å². The smallest absolute Gasteiger partial charge is 0.277 e. The second kappa shape index (κ2) is 6.35. The number of carbonyl (C=O) groups is 2. The summed E-state index contributed by atoms with van der Waals surface area (Å²) in [5, 5.41) is 2.81. The van der Waals surface area contributed by atoms with Crippen LogP contribution in [0, 0.1) is 17.7 Å². The van der Waals surface area contributed by atoms with Crippen LogP contribution in [0.3, 0.4) is 0 Å². The molecule has 0 saturated carbocycles. The van der Waals surface area contributed by atoms with Crippen LogP contribution in [0.5, 0.6) is 0 Å². The zero-order chi connectivity index (χ0) is 17.3. The largest absolute Gasteiger partial charge is 0.325 e. The third-order valence-corrected chi connectivity index (χ3v) is 4.01. The molecule has 4 nitrogen and oxygen atoms in total. The number of fused-ring (bicyclic) bond motifs is 1. The SMILES string of the molecule is CC(C)C1=CC(=O)NC2=CC(=NC(=O)c3ccc(F)cc3)C=CC21. The Hall–Kier alpha value is -2.82. The molecule has 1 aliphatic heterocycles. The summed E-state index contributed by atoms with van der Waals surface area (Å²) in [4.78, 5) is 28.0. The molecule has 1 aromatic carbocycles. The van der Waals surface area contributed by atoms with Gasteiger partial charge in [0, 0.05) is 23.3 Å². The van der Waals surface area contributed by atoms with Crippen LogP contribution in [0.2, 0.25) is 0 Å². The van der Waals surface area contributed by atoms with Crippen molar-refractivity contribution in [3.8, 4) is 0 Å². The molecular formula is C19H17FN2O2. The van der Waals surface area contributed by atoms with Crippen LogP contribution in [0.25, 0.3) is 0 Å². The lowest BCUT2D eigenvalue weighted by Gasteiger charge is -2.29. The Labute approximate surface area is 139 Å². The molecule has 0 radical (unpaired) electrons. The van der Waals surface area contributed by atoms with Gasteiger partial charge in [-0.1, -0.05) is 19.9 Å². The van der Waals surface area contributed by atoms with Gasteiger partial charge < -0.3 is 5.32 Å². The summed E-state index contributed by atoms with van der Waals surface area (Å²) in [7, 11) is 0. The minimum atomic E-state index is -0.452. The molecule has 0 bridgehead atoms. The van der Waals surface area contributed by atoms with E-state index < -0.39 is 11.7 Å². The zero-order valence-electron chi connectivity index (χ0n) is 13.4. The van der Waals surface area contributed by atoms with Crippen molar-refractivity contribution in [1.29, 1.82) is 0 Å². The fraction of sp³-hybridized carbons (Fsp3) is 0.211. The number of carbonyl (C=O) groups excluding carboxylic acids is 2. The van der Waals surface area contributed by atoms with Crippen molar-refractivity contribution >= 4 is 17.5 Å². The minimum absolute atomic E-state index is 0.00238. The van der Waals surface area contributed by atoms with Crippen LogP contribution >= 0.6 is 0 Å². The van der Waals surface area contributed by atoms with Crippen molar-refractivity contribution in [3.63, 3.8) is 0 Å². The first-order valence-electron chi connectivity index (χ1n) is 7.75. The Balaban J connectivity index is 1.87. The van der Waals surface area contributed by atoms with Crippen molar-refractivity contribution in [2.45, 2.75) is 13.8 Å². The summed E-state index contributed by atoms with van der Waals surface area (Å²) in [5.41, 5.74) is 2.53. The molecule has 1 aliphatic carbocycles. The molecule has 24 heavy (non-hydrogen) atoms. The molecule has 5 heteroatoms. The van der Waals surface area contributed by atoms with Crippen LogP contribution in [0.15, 0.2) is 64.8 Å². The molecule has 1 aromatic rings. The van der Waals surface area contributed by atoms with Gasteiger partial charge in [-0.25, -0.2) is 9.38 Å². The van der Waals surface area contributed by atoms with Crippen LogP contribution in [0.4, 0.5) is 4.39 Å². The summed E-state index contributed by atoms with van der Waals surface area (Å²) < 4.78 is 12.9. The van der Waals surface area contributed by atoms with E-state index in [0.717, 1.165) is 11.3 Å². The average molecular weight is 324 g/mol. The molecule has 2 aliphatic rings. The molecule has 122 valence electrons. The summed E-state index contributed by atoms with van der Waals surface area (Å²) in [5.74, 6) is -0.775. The van der Waals surface area contributed by atoms with Gasteiger partial charge in [0.05, 0.1) is 5.71 Å². The van der Waals surface area contributed by atoms with Crippen molar-refractivity contribution in [2.24, 2.45) is 16.8 Å². The molecule has 0 aromatic heterocycles. The molecule has 1 N–H and O–H groups in total. The summed E-state index contributed by atoms with van der Waals surface area (Å²) in [6, 6.07) is 5.23. The number of benzene rings is 1. The summed E-state index contributed by atoms with van der Waals surface area (Å²) in [6.45, 7) is 4.08. The fourth-order valence-corrected chi connectivity index (χ4v) is 2.79. The summed E-state index contributed by atoms with van der Waals surface area (Å²) >= 11 is 0. The highest BCUT2D eigenvalue weighted by Crippen LogP contribution is 2.31. The van der Waals surface area contributed by atoms with Gasteiger partial charge in [-0.15, -0.1) is 0 Å². The number of nitrogens with zero attached hydrogens (tertiary/aromatic N) is 1. The Kier molecular flexibility index (Phi) is 4.25. The Morgan fingerprint density at radius 3 is 2.58 bits per heavy atom. The lowest BCUT2D eigenvalue weighted by atomic mass is 9.82. The second-order valence-electron chi connectivity index (χ2n) is 6.07. The number of hydrogen-bond acceptors (Lipinski definition) is 2. The Morgan fingerprint density at radius 2 is 1.92 bits per heavy atom. The predicted molar refractivity (Wildman–Crippen MR) is 89.9 cm³/mol. The minimum Gasteiger partial charge on any atom is -0.325 e. The van der Waals surface area contributed by atoms with Gasteiger partial charge in [-0.2, -0.15) is 0 Å². The maximum Gasteiger partial charge on any atom is 0.277 e. The van der Waals surface area contributed by atoms with E-state index in [1.807, 2.05) is 19.9 Å². The fourth-order valence-electron chi connectivity index (χ4n) is 2.79. The maximum absolute atomic E-state index is 12.9. The van der Waals surface area contributed by atoms with Gasteiger partial charge >= 0.3 is 0 Å². The third kappa shape index (κ3) is 3.25. The number of rotatable bonds is 2. The molecule has 3 rings (SSSR count). The molecule has 0 fully saturated rings. The van der Waals surface area contributed by atoms with Gasteiger partial charge in [0.2, 0.25) is 5.91 Å². The van der Waals surface area contributed by atoms with Crippen molar-refractivity contribution in [3.05, 3.63) is 71.2 Å². The molecule has 2 amide bonds. The Bertz CT molecular complexity index is 814. The van der Waals surface area contributed by atoms with Gasteiger partial charge in [-0.05, 0) is 47.9 Å². The second-order valence-corrected chi connectivity index (χ2v) is 6.07. The molecule has 1 heterocycles. The molecular weight excluding hydrogens is 307 g/mol. The lowest BCUT2D eigenvalue weighted by Crippen LogP contribution is -2.34. The zero-order valence-corrected chi connectivity index (χ0v) is 13.4. The first-order valence-corrected chi connectivity index (χ1v) is 7.75. The van der Waals surface area contributed by atoms with E-state index in [2.05, 4.69) is 10.3 Å². The van der Waals surface area contributed by atoms with Crippen molar-refractivity contribution < 1.29 is 14.0 Å². The first-order chi connectivity index (χ1) is 11.4. The number of nitrogens with one attached hydrogen (secondary N) is 1. The Morgan fingerprint density at radius 1 is 1.21 bits per heavy atom. The summed E-state index contributed by atoms with van der Waals surface area (Å²) in [6.07, 6.45) is 7.03. The van der Waals surface area contributed by atoms with E-state index in [4.69, 9.17) is 0 Å². The topological polar surface area (TPSA) is 58.5 Å². The number of allylic oxidation sites excluding steroid dienone is 3. The maximum atomic E-state index is 12.9. The van der Waals surface area contributed by atoms with Gasteiger partial charge in [-0.3, -0.25) is 9.59 Å². The van der Waals surface area contributed by atoms with Crippen molar-refractivity contribution in [2.75, 3.05) is 0 Å². The quantitative estimate of drug-likeness (QED) is 0.908. The highest BCUT2D eigenvalue weighted by Gasteiger charge is 2.27. The molecule has 1 atom stereocenters. The highest BCUT2D eigenvalue weighted by molar-refractivity contribution is 6.14. The van der Waals surface area contributed by atoms with E-state index in [0.29, 0.717) is 11.3 Å². The molecule has 0 saturated heterocycles. The predicted octanol–water partition coefficient (Wildman–Crippen LogP) is 3.19. The molecule has 0 spiro atoms. The number of aliphatic imine (C=N–C) groups is 1. The van der Waals surface area contributed by atoms with E-state index in [9.17, 15) is 14.0 Å². The van der Waals surface area contributed by atoms with E-state index >= 15 is 0 Å². The third-order valence-electron chi connectivity index (χ3n) is 4.01. The standard InChI is InChI=1S/C19H17FN2O2/c1-11(2)16-10-18(23)22-17-9-14(7-8-15(16)17)21-19(24)12-3-5-13(20)6-4-12/h3-11,15H,1-2H3,(H,22,23). The number of amides is 2. The normalized spacial score (nSPS) is 21.2. The van der Waals surface area contributed by atoms with Gasteiger partial charge in [0.1, 0.15) is 5.82 Å². The van der Waals surface area contributed by atoms with E-state index in [1.54, 1.807) is 18.2 Å². The monoisotopic (exact) mass is 324 g/mol.